The topological polar surface area (TPSA) is 92.8 Å². The van der Waals surface area contributed by atoms with Crippen LogP contribution in [0.2, 0.25) is 0 Å². The van der Waals surface area contributed by atoms with Crippen molar-refractivity contribution in [2.24, 2.45) is 0 Å². The number of rotatable bonds is 6. The summed E-state index contributed by atoms with van der Waals surface area (Å²) in [6, 6.07) is 10.7. The second-order valence-electron chi connectivity index (χ2n) is 5.83. The van der Waals surface area contributed by atoms with Gasteiger partial charge in [-0.3, -0.25) is 4.79 Å². The molecule has 0 fully saturated rings. The molecule has 2 rings (SSSR count). The highest BCUT2D eigenvalue weighted by atomic mass is 32.2. The summed E-state index contributed by atoms with van der Waals surface area (Å²) in [4.78, 5) is 24.2. The number of ether oxygens (including phenoxy) is 1. The molecule has 0 bridgehead atoms. The van der Waals surface area contributed by atoms with Gasteiger partial charge in [0.25, 0.3) is 5.91 Å². The number of amides is 1. The Kier molecular flexibility index (Phi) is 6.29. The number of hydrogen-bond acceptors (Lipinski definition) is 5. The van der Waals surface area contributed by atoms with E-state index in [1.165, 1.54) is 63.5 Å². The van der Waals surface area contributed by atoms with Crippen LogP contribution in [0, 0.1) is 5.82 Å². The third-order valence-corrected chi connectivity index (χ3v) is 5.48. The largest absolute Gasteiger partial charge is 0.449 e. The van der Waals surface area contributed by atoms with Crippen molar-refractivity contribution < 1.29 is 27.1 Å². The molecule has 0 saturated heterocycles. The molecule has 0 radical (unpaired) electrons. The van der Waals surface area contributed by atoms with Crippen LogP contribution in [0.5, 0.6) is 0 Å². The zero-order valence-corrected chi connectivity index (χ0v) is 15.8. The summed E-state index contributed by atoms with van der Waals surface area (Å²) < 4.78 is 43.7. The lowest BCUT2D eigenvalue weighted by Crippen LogP contribution is -2.30. The number of anilines is 1. The molecule has 0 saturated carbocycles. The van der Waals surface area contributed by atoms with Gasteiger partial charge in [0.15, 0.2) is 6.10 Å². The number of carbonyl (C=O) groups is 2. The Morgan fingerprint density at radius 2 is 1.67 bits per heavy atom. The first-order valence-electron chi connectivity index (χ1n) is 7.92. The average molecular weight is 394 g/mol. The van der Waals surface area contributed by atoms with Crippen LogP contribution in [0.15, 0.2) is 53.4 Å². The average Bonchev–Trinajstić information content (AvgIpc) is 2.63. The zero-order chi connectivity index (χ0) is 20.2. The summed E-state index contributed by atoms with van der Waals surface area (Å²) in [5.41, 5.74) is 0.0573. The SMILES string of the molecule is C[C@H](OC(=O)c1ccc(S(=O)(=O)N(C)C)cc1)C(=O)Nc1ccccc1F. The molecular formula is C18H19FN2O5S. The molecule has 0 heterocycles. The second-order valence-corrected chi connectivity index (χ2v) is 7.98. The summed E-state index contributed by atoms with van der Waals surface area (Å²) in [6.45, 7) is 1.35. The van der Waals surface area contributed by atoms with Crippen molar-refractivity contribution in [1.82, 2.24) is 4.31 Å². The normalized spacial score (nSPS) is 12.5. The molecule has 9 heteroatoms. The lowest BCUT2D eigenvalue weighted by atomic mass is 10.2. The molecule has 0 aromatic heterocycles. The fourth-order valence-corrected chi connectivity index (χ4v) is 2.95. The predicted molar refractivity (Wildman–Crippen MR) is 97.2 cm³/mol. The Labute approximate surface area is 156 Å². The molecular weight excluding hydrogens is 375 g/mol. The molecule has 7 nitrogen and oxygen atoms in total. The molecule has 0 spiro atoms. The highest BCUT2D eigenvalue weighted by Gasteiger charge is 2.21. The van der Waals surface area contributed by atoms with Gasteiger partial charge in [0.05, 0.1) is 16.1 Å². The molecule has 2 aromatic rings. The lowest BCUT2D eigenvalue weighted by molar-refractivity contribution is -0.123. The van der Waals surface area contributed by atoms with E-state index in [0.717, 1.165) is 4.31 Å². The van der Waals surface area contributed by atoms with Gasteiger partial charge in [0.2, 0.25) is 10.0 Å². The minimum Gasteiger partial charge on any atom is -0.449 e. The fourth-order valence-electron chi connectivity index (χ4n) is 2.05. The van der Waals surface area contributed by atoms with Crippen molar-refractivity contribution in [2.45, 2.75) is 17.9 Å². The zero-order valence-electron chi connectivity index (χ0n) is 15.0. The Morgan fingerprint density at radius 3 is 2.22 bits per heavy atom. The molecule has 27 heavy (non-hydrogen) atoms. The third kappa shape index (κ3) is 4.89. The minimum absolute atomic E-state index is 0.0226. The predicted octanol–water partition coefficient (Wildman–Crippen LogP) is 2.26. The van der Waals surface area contributed by atoms with Gasteiger partial charge < -0.3 is 10.1 Å². The molecule has 1 amide bonds. The number of benzene rings is 2. The van der Waals surface area contributed by atoms with Crippen LogP contribution in [-0.2, 0) is 19.6 Å². The number of nitrogens with zero attached hydrogens (tertiary/aromatic N) is 1. The van der Waals surface area contributed by atoms with E-state index in [1.807, 2.05) is 0 Å². The molecule has 0 aliphatic heterocycles. The molecule has 1 atom stereocenters. The first-order chi connectivity index (χ1) is 12.6. The first-order valence-corrected chi connectivity index (χ1v) is 9.36. The van der Waals surface area contributed by atoms with Crippen LogP contribution in [0.3, 0.4) is 0 Å². The fraction of sp³-hybridized carbons (Fsp3) is 0.222. The number of carbonyl (C=O) groups excluding carboxylic acids is 2. The maximum Gasteiger partial charge on any atom is 0.338 e. The van der Waals surface area contributed by atoms with E-state index in [-0.39, 0.29) is 16.1 Å². The Bertz CT molecular complexity index is 942. The Hall–Kier alpha value is -2.78. The standard InChI is InChI=1S/C18H19FN2O5S/c1-12(17(22)20-16-7-5-4-6-15(16)19)26-18(23)13-8-10-14(11-9-13)27(24,25)21(2)3/h4-12H,1-3H3,(H,20,22)/t12-/m0/s1. The first kappa shape index (κ1) is 20.5. The molecule has 144 valence electrons. The van der Waals surface area contributed by atoms with Crippen LogP contribution < -0.4 is 5.32 Å². The van der Waals surface area contributed by atoms with Crippen LogP contribution in [-0.4, -0.2) is 44.8 Å². The van der Waals surface area contributed by atoms with Crippen LogP contribution in [0.1, 0.15) is 17.3 Å². The lowest BCUT2D eigenvalue weighted by Gasteiger charge is -2.14. The molecule has 0 aliphatic carbocycles. The van der Waals surface area contributed by atoms with Crippen molar-refractivity contribution in [3.63, 3.8) is 0 Å². The molecule has 2 aromatic carbocycles. The van der Waals surface area contributed by atoms with Gasteiger partial charge in [-0.25, -0.2) is 21.9 Å². The number of nitrogens with one attached hydrogen (secondary N) is 1. The van der Waals surface area contributed by atoms with Gasteiger partial charge in [0.1, 0.15) is 5.82 Å². The number of para-hydroxylation sites is 1. The highest BCUT2D eigenvalue weighted by Crippen LogP contribution is 2.16. The van der Waals surface area contributed by atoms with Gasteiger partial charge >= 0.3 is 5.97 Å². The van der Waals surface area contributed by atoms with Gasteiger partial charge in [-0.15, -0.1) is 0 Å². The van der Waals surface area contributed by atoms with E-state index in [4.69, 9.17) is 4.74 Å². The highest BCUT2D eigenvalue weighted by molar-refractivity contribution is 7.89. The van der Waals surface area contributed by atoms with Gasteiger partial charge in [0, 0.05) is 14.1 Å². The number of sulfonamides is 1. The smallest absolute Gasteiger partial charge is 0.338 e. The summed E-state index contributed by atoms with van der Waals surface area (Å²) in [5, 5.41) is 2.33. The van der Waals surface area contributed by atoms with E-state index >= 15 is 0 Å². The van der Waals surface area contributed by atoms with Crippen LogP contribution in [0.4, 0.5) is 10.1 Å². The summed E-state index contributed by atoms with van der Waals surface area (Å²) in [5.74, 6) is -2.11. The number of halogens is 1. The molecule has 1 N–H and O–H groups in total. The van der Waals surface area contributed by atoms with Crippen molar-refractivity contribution in [1.29, 1.82) is 0 Å². The third-order valence-electron chi connectivity index (χ3n) is 3.65. The maximum atomic E-state index is 13.6. The molecule has 0 aliphatic rings. The van der Waals surface area contributed by atoms with Gasteiger partial charge in [-0.05, 0) is 43.3 Å². The summed E-state index contributed by atoms with van der Waals surface area (Å²) in [6.07, 6.45) is -1.18. The van der Waals surface area contributed by atoms with Crippen molar-refractivity contribution >= 4 is 27.6 Å². The Morgan fingerprint density at radius 1 is 1.07 bits per heavy atom. The van der Waals surface area contributed by atoms with E-state index in [0.29, 0.717) is 0 Å². The van der Waals surface area contributed by atoms with Gasteiger partial charge in [-0.2, -0.15) is 0 Å². The quantitative estimate of drug-likeness (QED) is 0.759. The second kappa shape index (κ2) is 8.28. The number of esters is 1. The molecule has 0 unspecified atom stereocenters. The minimum atomic E-state index is -3.61. The van der Waals surface area contributed by atoms with E-state index in [1.54, 1.807) is 6.07 Å². The Balaban J connectivity index is 2.04. The van der Waals surface area contributed by atoms with Crippen molar-refractivity contribution in [3.8, 4) is 0 Å². The number of hydrogen-bond donors (Lipinski definition) is 1. The van der Waals surface area contributed by atoms with Crippen molar-refractivity contribution in [2.75, 3.05) is 19.4 Å². The van der Waals surface area contributed by atoms with E-state index < -0.39 is 33.8 Å². The van der Waals surface area contributed by atoms with E-state index in [9.17, 15) is 22.4 Å². The van der Waals surface area contributed by atoms with E-state index in [2.05, 4.69) is 5.32 Å². The maximum absolute atomic E-state index is 13.6. The van der Waals surface area contributed by atoms with Crippen LogP contribution in [0.25, 0.3) is 0 Å². The summed E-state index contributed by atoms with van der Waals surface area (Å²) >= 11 is 0. The van der Waals surface area contributed by atoms with Gasteiger partial charge in [-0.1, -0.05) is 12.1 Å². The summed E-state index contributed by atoms with van der Waals surface area (Å²) in [7, 11) is -0.821. The van der Waals surface area contributed by atoms with Crippen molar-refractivity contribution in [3.05, 3.63) is 59.9 Å². The monoisotopic (exact) mass is 394 g/mol. The van der Waals surface area contributed by atoms with Crippen LogP contribution >= 0.6 is 0 Å².